The van der Waals surface area contributed by atoms with E-state index in [0.717, 1.165) is 44.0 Å². The second kappa shape index (κ2) is 14.3. The van der Waals surface area contributed by atoms with Crippen LogP contribution in [0.2, 0.25) is 0 Å². The van der Waals surface area contributed by atoms with Gasteiger partial charge < -0.3 is 24.3 Å². The summed E-state index contributed by atoms with van der Waals surface area (Å²) in [5.74, 6) is 1.27. The first-order valence-electron chi connectivity index (χ1n) is 15.9. The molecule has 9 heteroatoms. The van der Waals surface area contributed by atoms with Gasteiger partial charge >= 0.3 is 0 Å². The first-order valence-corrected chi connectivity index (χ1v) is 15.9. The summed E-state index contributed by atoms with van der Waals surface area (Å²) in [7, 11) is 4.92. The first kappa shape index (κ1) is 33.5. The van der Waals surface area contributed by atoms with Crippen molar-refractivity contribution >= 4 is 23.7 Å². The summed E-state index contributed by atoms with van der Waals surface area (Å²) in [6.45, 7) is 9.00. The zero-order valence-electron chi connectivity index (χ0n) is 28.1. The highest BCUT2D eigenvalue weighted by atomic mass is 16.5. The summed E-state index contributed by atoms with van der Waals surface area (Å²) in [5.41, 5.74) is 4.88. The highest BCUT2D eigenvalue weighted by Gasteiger charge is 2.19. The van der Waals surface area contributed by atoms with Crippen LogP contribution in [0.1, 0.15) is 59.8 Å². The molecule has 1 aromatic heterocycles. The maximum atomic E-state index is 13.1. The Morgan fingerprint density at radius 1 is 0.979 bits per heavy atom. The van der Waals surface area contributed by atoms with Crippen molar-refractivity contribution in [3.8, 4) is 11.5 Å². The molecule has 1 aliphatic rings. The number of aromatic nitrogens is 2. The Bertz CT molecular complexity index is 2000. The number of H-pyrrole nitrogens is 1. The third-order valence-corrected chi connectivity index (χ3v) is 8.47. The number of anilines is 1. The van der Waals surface area contributed by atoms with Crippen LogP contribution in [0, 0.1) is 5.41 Å². The average molecular weight is 637 g/mol. The minimum atomic E-state index is -0.331. The van der Waals surface area contributed by atoms with Gasteiger partial charge in [-0.1, -0.05) is 51.1 Å². The largest absolute Gasteiger partial charge is 0.493 e. The molecule has 2 heterocycles. The van der Waals surface area contributed by atoms with Gasteiger partial charge in [0, 0.05) is 37.9 Å². The minimum absolute atomic E-state index is 0.0107. The molecule has 246 valence electrons. The molecule has 3 aromatic carbocycles. The Kier molecular flexibility index (Phi) is 10.2. The Balaban J connectivity index is 1.22. The van der Waals surface area contributed by atoms with Gasteiger partial charge in [-0.3, -0.25) is 19.3 Å². The summed E-state index contributed by atoms with van der Waals surface area (Å²) >= 11 is 0. The van der Waals surface area contributed by atoms with Crippen LogP contribution >= 0.6 is 0 Å². The maximum Gasteiger partial charge on any atom is 0.274 e. The highest BCUT2D eigenvalue weighted by molar-refractivity contribution is 6.04. The van der Waals surface area contributed by atoms with Crippen LogP contribution in [0.5, 0.6) is 11.5 Å². The van der Waals surface area contributed by atoms with Gasteiger partial charge in [0.1, 0.15) is 10.7 Å². The maximum absolute atomic E-state index is 13.1. The molecule has 0 saturated carbocycles. The van der Waals surface area contributed by atoms with Crippen LogP contribution in [-0.2, 0) is 26.4 Å². The van der Waals surface area contributed by atoms with E-state index in [1.54, 1.807) is 57.7 Å². The van der Waals surface area contributed by atoms with Crippen LogP contribution in [0.15, 0.2) is 70.3 Å². The fraction of sp³-hybridized carbons (Fsp3) is 0.342. The van der Waals surface area contributed by atoms with E-state index in [0.29, 0.717) is 28.6 Å². The van der Waals surface area contributed by atoms with Gasteiger partial charge in [-0.25, -0.2) is 0 Å². The lowest BCUT2D eigenvalue weighted by molar-refractivity contribution is 0.102. The van der Waals surface area contributed by atoms with E-state index in [1.165, 1.54) is 21.3 Å². The number of ether oxygens (including phenoxy) is 2. The lowest BCUT2D eigenvalue weighted by atomic mass is 9.92. The van der Waals surface area contributed by atoms with Gasteiger partial charge in [-0.15, -0.1) is 0 Å². The number of nitrogens with zero attached hydrogens (tertiary/aromatic N) is 2. The molecule has 0 saturated heterocycles. The Morgan fingerprint density at radius 2 is 1.68 bits per heavy atom. The molecule has 1 aliphatic heterocycles. The van der Waals surface area contributed by atoms with Gasteiger partial charge in [0.05, 0.1) is 14.2 Å². The number of methoxy groups -OCH3 is 2. The van der Waals surface area contributed by atoms with Gasteiger partial charge in [-0.2, -0.15) is 0 Å². The number of amides is 1. The molecular formula is C38H44N4O5. The lowest BCUT2D eigenvalue weighted by Crippen LogP contribution is -2.52. The van der Waals surface area contributed by atoms with Crippen molar-refractivity contribution in [3.05, 3.63) is 120 Å². The number of rotatable bonds is 9. The number of hydrogen-bond acceptors (Lipinski definition) is 6. The van der Waals surface area contributed by atoms with Crippen LogP contribution in [-0.4, -0.2) is 47.7 Å². The monoisotopic (exact) mass is 636 g/mol. The average Bonchev–Trinajstić information content (AvgIpc) is 3.05. The van der Waals surface area contributed by atoms with Gasteiger partial charge in [-0.05, 0) is 89.4 Å². The number of nitrogens with one attached hydrogen (secondary N) is 2. The van der Waals surface area contributed by atoms with Crippen LogP contribution < -0.4 is 36.6 Å². The molecule has 9 nitrogen and oxygen atoms in total. The Hall–Kier alpha value is -4.89. The van der Waals surface area contributed by atoms with Crippen LogP contribution in [0.25, 0.3) is 12.2 Å². The summed E-state index contributed by atoms with van der Waals surface area (Å²) < 4.78 is 12.3. The van der Waals surface area contributed by atoms with Gasteiger partial charge in [0.25, 0.3) is 17.0 Å². The number of benzene rings is 3. The topological polar surface area (TPSA) is 106 Å². The van der Waals surface area contributed by atoms with Gasteiger partial charge in [0.15, 0.2) is 11.5 Å². The SMILES string of the molecule is COc1cc2c(cc1OC)CN(CCc1ccc(NC(=O)c3cccc(C=c4[nH]c(=O)c(=CCC(C)(C)C)n(C)c4=O)c3)cc1)CC2. The van der Waals surface area contributed by atoms with Gasteiger partial charge in [0.2, 0.25) is 0 Å². The predicted octanol–water partition coefficient (Wildman–Crippen LogP) is 3.99. The number of carbonyl (C=O) groups is 1. The number of fused-ring (bicyclic) bond motifs is 1. The second-order valence-corrected chi connectivity index (χ2v) is 13.3. The predicted molar refractivity (Wildman–Crippen MR) is 187 cm³/mol. The van der Waals surface area contributed by atoms with Crippen LogP contribution in [0.4, 0.5) is 5.69 Å². The third-order valence-electron chi connectivity index (χ3n) is 8.47. The molecule has 0 atom stereocenters. The molecule has 47 heavy (non-hydrogen) atoms. The van der Waals surface area contributed by atoms with Crippen molar-refractivity contribution in [1.82, 2.24) is 14.5 Å². The molecular weight excluding hydrogens is 592 g/mol. The molecule has 0 spiro atoms. The molecule has 5 rings (SSSR count). The van der Waals surface area contributed by atoms with E-state index in [4.69, 9.17) is 9.47 Å². The van der Waals surface area contributed by atoms with Crippen molar-refractivity contribution in [3.63, 3.8) is 0 Å². The number of aromatic amines is 1. The Morgan fingerprint density at radius 3 is 2.36 bits per heavy atom. The van der Waals surface area contributed by atoms with E-state index in [9.17, 15) is 14.4 Å². The second-order valence-electron chi connectivity index (χ2n) is 13.3. The molecule has 0 radical (unpaired) electrons. The Labute approximate surface area is 275 Å². The number of hydrogen-bond donors (Lipinski definition) is 2. The number of carbonyl (C=O) groups excluding carboxylic acids is 1. The van der Waals surface area contributed by atoms with E-state index in [1.807, 2.05) is 24.3 Å². The van der Waals surface area contributed by atoms with E-state index < -0.39 is 0 Å². The first-order chi connectivity index (χ1) is 22.4. The summed E-state index contributed by atoms with van der Waals surface area (Å²) in [4.78, 5) is 44.1. The van der Waals surface area contributed by atoms with Crippen LogP contribution in [0.3, 0.4) is 0 Å². The quantitative estimate of drug-likeness (QED) is 0.288. The zero-order chi connectivity index (χ0) is 33.7. The van der Waals surface area contributed by atoms with Crippen molar-refractivity contribution < 1.29 is 14.3 Å². The van der Waals surface area contributed by atoms with Crippen molar-refractivity contribution in [1.29, 1.82) is 0 Å². The minimum Gasteiger partial charge on any atom is -0.493 e. The molecule has 2 N–H and O–H groups in total. The normalized spacial score (nSPS) is 14.2. The molecule has 1 amide bonds. The molecule has 0 fully saturated rings. The smallest absolute Gasteiger partial charge is 0.274 e. The summed E-state index contributed by atoms with van der Waals surface area (Å²) in [6.07, 6.45) is 5.92. The summed E-state index contributed by atoms with van der Waals surface area (Å²) in [5, 5.41) is 3.46. The van der Waals surface area contributed by atoms with Crippen molar-refractivity contribution in [2.75, 3.05) is 32.6 Å². The highest BCUT2D eigenvalue weighted by Crippen LogP contribution is 2.33. The lowest BCUT2D eigenvalue weighted by Gasteiger charge is -2.29. The fourth-order valence-electron chi connectivity index (χ4n) is 5.73. The van der Waals surface area contributed by atoms with E-state index >= 15 is 0 Å². The molecule has 0 aliphatic carbocycles. The molecule has 4 aromatic rings. The standard InChI is InChI=1S/C38H44N4O5/c1-38(2,3)17-14-32-36(44)40-31(37(45)41(32)4)21-26-8-7-9-28(20-26)35(43)39-30-12-10-25(11-13-30)15-18-42-19-16-27-22-33(46-5)34(47-6)23-29(27)24-42/h7-14,20-23H,15-19,24H2,1-6H3,(H,39,43)(H,40,44). The van der Waals surface area contributed by atoms with E-state index in [-0.39, 0.29) is 27.8 Å². The van der Waals surface area contributed by atoms with E-state index in [2.05, 4.69) is 48.1 Å². The fourth-order valence-corrected chi connectivity index (χ4v) is 5.73. The van der Waals surface area contributed by atoms with Crippen molar-refractivity contribution in [2.45, 2.75) is 46.6 Å². The zero-order valence-corrected chi connectivity index (χ0v) is 28.1. The third kappa shape index (κ3) is 8.29. The molecule has 0 bridgehead atoms. The molecule has 0 unspecified atom stereocenters. The summed E-state index contributed by atoms with van der Waals surface area (Å²) in [6, 6.07) is 19.0. The van der Waals surface area contributed by atoms with Crippen molar-refractivity contribution in [2.24, 2.45) is 12.5 Å².